The van der Waals surface area contributed by atoms with Crippen LogP contribution in [-0.2, 0) is 0 Å². The molecule has 0 spiro atoms. The number of unbranched alkanes of at least 4 members (excludes halogenated alkanes) is 11. The normalized spacial score (nSPS) is 12.2. The molecule has 0 aliphatic carbocycles. The number of rotatable bonds is 17. The number of hydrogen-bond acceptors (Lipinski definition) is 0. The van der Waals surface area contributed by atoms with Gasteiger partial charge in [0.15, 0.2) is 0 Å². The van der Waals surface area contributed by atoms with Gasteiger partial charge in [0.2, 0.25) is 0 Å². The molecule has 0 heterocycles. The zero-order valence-corrected chi connectivity index (χ0v) is 14.8. The van der Waals surface area contributed by atoms with Gasteiger partial charge in [-0.25, -0.2) is 0 Å². The van der Waals surface area contributed by atoms with Crippen LogP contribution in [0, 0.1) is 5.92 Å². The highest BCUT2D eigenvalue weighted by Crippen LogP contribution is 2.18. The minimum Gasteiger partial charge on any atom is -0.103 e. The number of hydrogen-bond donors (Lipinski definition) is 0. The largest absolute Gasteiger partial charge is 0.103 e. The minimum absolute atomic E-state index is 0.942. The van der Waals surface area contributed by atoms with E-state index in [1.165, 1.54) is 96.3 Å². The Morgan fingerprint density at radius 1 is 0.571 bits per heavy atom. The molecular weight excluding hydrogens is 252 g/mol. The van der Waals surface area contributed by atoms with Gasteiger partial charge in [-0.05, 0) is 31.6 Å². The summed E-state index contributed by atoms with van der Waals surface area (Å²) in [5.41, 5.74) is 0. The summed E-state index contributed by atoms with van der Waals surface area (Å²) in [7, 11) is 0. The van der Waals surface area contributed by atoms with E-state index in [2.05, 4.69) is 20.1 Å². The summed E-state index contributed by atoms with van der Waals surface area (Å²) in [6.45, 7) is 9.99. The third kappa shape index (κ3) is 17.4. The third-order valence-electron chi connectivity index (χ3n) is 4.46. The summed E-state index contributed by atoms with van der Waals surface area (Å²) in [6.07, 6.45) is 24.9. The van der Waals surface area contributed by atoms with Gasteiger partial charge in [-0.2, -0.15) is 0 Å². The third-order valence-corrected chi connectivity index (χ3v) is 4.46. The highest BCUT2D eigenvalue weighted by molar-refractivity contribution is 4.66. The molecule has 0 saturated heterocycles. The van der Waals surface area contributed by atoms with Crippen molar-refractivity contribution in [2.45, 2.75) is 103 Å². The van der Waals surface area contributed by atoms with Gasteiger partial charge in [-0.3, -0.25) is 0 Å². The van der Waals surface area contributed by atoms with Crippen LogP contribution in [0.3, 0.4) is 0 Å². The molecule has 0 N–H and O–H groups in total. The van der Waals surface area contributed by atoms with E-state index < -0.39 is 0 Å². The Kier molecular flexibility index (Phi) is 17.1. The van der Waals surface area contributed by atoms with Crippen LogP contribution < -0.4 is 0 Å². The van der Waals surface area contributed by atoms with Gasteiger partial charge < -0.3 is 0 Å². The highest BCUT2D eigenvalue weighted by Gasteiger charge is 2.02. The van der Waals surface area contributed by atoms with Crippen molar-refractivity contribution >= 4 is 0 Å². The molecule has 21 heavy (non-hydrogen) atoms. The molecule has 0 aliphatic heterocycles. The average Bonchev–Trinajstić information content (AvgIpc) is 2.49. The Bertz CT molecular complexity index is 216. The van der Waals surface area contributed by atoms with Crippen molar-refractivity contribution < 1.29 is 0 Å². The van der Waals surface area contributed by atoms with Crippen LogP contribution in [0.4, 0.5) is 0 Å². The maximum Gasteiger partial charge on any atom is -0.0353 e. The van der Waals surface area contributed by atoms with Gasteiger partial charge in [0.05, 0.1) is 0 Å². The van der Waals surface area contributed by atoms with Crippen molar-refractivity contribution in [3.63, 3.8) is 0 Å². The average molecular weight is 293 g/mol. The zero-order valence-electron chi connectivity index (χ0n) is 14.8. The SMILES string of the molecule is C=CCCCCCCCCCC(C)CCCCCCC=C. The second-order valence-electron chi connectivity index (χ2n) is 6.73. The standard InChI is InChI=1S/C21H40/c1-4-6-8-10-12-13-14-16-18-20-21(3)19-17-15-11-9-7-5-2/h4-5,21H,1-2,6-20H2,3H3. The van der Waals surface area contributed by atoms with Crippen LogP contribution in [0.5, 0.6) is 0 Å². The van der Waals surface area contributed by atoms with Gasteiger partial charge in [0.25, 0.3) is 0 Å². The Morgan fingerprint density at radius 3 is 1.29 bits per heavy atom. The van der Waals surface area contributed by atoms with Gasteiger partial charge in [-0.15, -0.1) is 13.2 Å². The van der Waals surface area contributed by atoms with Crippen LogP contribution in [0.2, 0.25) is 0 Å². The van der Waals surface area contributed by atoms with E-state index in [1.54, 1.807) is 0 Å². The van der Waals surface area contributed by atoms with Crippen molar-refractivity contribution in [1.82, 2.24) is 0 Å². The van der Waals surface area contributed by atoms with Crippen molar-refractivity contribution in [1.29, 1.82) is 0 Å². The fourth-order valence-electron chi connectivity index (χ4n) is 2.94. The van der Waals surface area contributed by atoms with Crippen LogP contribution in [0.15, 0.2) is 25.3 Å². The van der Waals surface area contributed by atoms with Gasteiger partial charge in [-0.1, -0.05) is 89.7 Å². The molecule has 0 amide bonds. The van der Waals surface area contributed by atoms with E-state index in [1.807, 2.05) is 12.2 Å². The fraction of sp³-hybridized carbons (Fsp3) is 0.810. The molecule has 0 nitrogen and oxygen atoms in total. The van der Waals surface area contributed by atoms with Crippen LogP contribution in [0.25, 0.3) is 0 Å². The van der Waals surface area contributed by atoms with Crippen LogP contribution in [0.1, 0.15) is 103 Å². The lowest BCUT2D eigenvalue weighted by molar-refractivity contribution is 0.432. The molecule has 0 radical (unpaired) electrons. The topological polar surface area (TPSA) is 0 Å². The van der Waals surface area contributed by atoms with Crippen LogP contribution in [-0.4, -0.2) is 0 Å². The summed E-state index contributed by atoms with van der Waals surface area (Å²) < 4.78 is 0. The Labute approximate surface area is 135 Å². The first kappa shape index (κ1) is 20.5. The second kappa shape index (κ2) is 17.5. The lowest BCUT2D eigenvalue weighted by Crippen LogP contribution is -1.95. The lowest BCUT2D eigenvalue weighted by Gasteiger charge is -2.11. The van der Waals surface area contributed by atoms with Crippen molar-refractivity contribution in [3.05, 3.63) is 25.3 Å². The minimum atomic E-state index is 0.942. The van der Waals surface area contributed by atoms with Crippen LogP contribution >= 0.6 is 0 Å². The molecule has 0 fully saturated rings. The predicted molar refractivity (Wildman–Crippen MR) is 98.8 cm³/mol. The Hall–Kier alpha value is -0.520. The molecular formula is C21H40. The van der Waals surface area contributed by atoms with E-state index in [4.69, 9.17) is 0 Å². The quantitative estimate of drug-likeness (QED) is 0.189. The van der Waals surface area contributed by atoms with E-state index in [0.717, 1.165) is 5.92 Å². The van der Waals surface area contributed by atoms with Gasteiger partial charge in [0, 0.05) is 0 Å². The first-order valence-electron chi connectivity index (χ1n) is 9.53. The molecule has 0 heteroatoms. The van der Waals surface area contributed by atoms with E-state index in [0.29, 0.717) is 0 Å². The summed E-state index contributed by atoms with van der Waals surface area (Å²) in [6, 6.07) is 0. The number of allylic oxidation sites excluding steroid dienone is 2. The molecule has 1 atom stereocenters. The predicted octanol–water partition coefficient (Wildman–Crippen LogP) is 7.85. The zero-order chi connectivity index (χ0) is 15.6. The molecule has 0 aromatic carbocycles. The maximum atomic E-state index is 3.78. The van der Waals surface area contributed by atoms with Gasteiger partial charge >= 0.3 is 0 Å². The monoisotopic (exact) mass is 292 g/mol. The van der Waals surface area contributed by atoms with Crippen molar-refractivity contribution in [3.8, 4) is 0 Å². The summed E-state index contributed by atoms with van der Waals surface area (Å²) >= 11 is 0. The summed E-state index contributed by atoms with van der Waals surface area (Å²) in [4.78, 5) is 0. The Morgan fingerprint density at radius 2 is 0.905 bits per heavy atom. The fourth-order valence-corrected chi connectivity index (χ4v) is 2.94. The summed E-state index contributed by atoms with van der Waals surface area (Å²) in [5, 5.41) is 0. The molecule has 0 bridgehead atoms. The van der Waals surface area contributed by atoms with E-state index in [9.17, 15) is 0 Å². The van der Waals surface area contributed by atoms with Crippen molar-refractivity contribution in [2.24, 2.45) is 5.92 Å². The highest BCUT2D eigenvalue weighted by atomic mass is 14.1. The molecule has 0 rings (SSSR count). The van der Waals surface area contributed by atoms with E-state index >= 15 is 0 Å². The molecule has 124 valence electrons. The smallest absolute Gasteiger partial charge is 0.0353 e. The molecule has 0 saturated carbocycles. The van der Waals surface area contributed by atoms with Crippen molar-refractivity contribution in [2.75, 3.05) is 0 Å². The molecule has 0 aromatic heterocycles. The first-order valence-corrected chi connectivity index (χ1v) is 9.53. The molecule has 0 aromatic rings. The lowest BCUT2D eigenvalue weighted by atomic mass is 9.96. The molecule has 1 unspecified atom stereocenters. The Balaban J connectivity index is 3.13. The second-order valence-corrected chi connectivity index (χ2v) is 6.73. The first-order chi connectivity index (χ1) is 10.3. The van der Waals surface area contributed by atoms with Gasteiger partial charge in [0.1, 0.15) is 0 Å². The summed E-state index contributed by atoms with van der Waals surface area (Å²) in [5.74, 6) is 0.942. The molecule has 0 aliphatic rings. The maximum absolute atomic E-state index is 3.78. The van der Waals surface area contributed by atoms with E-state index in [-0.39, 0.29) is 0 Å².